The van der Waals surface area contributed by atoms with Crippen LogP contribution in [0.2, 0.25) is 0 Å². The van der Waals surface area contributed by atoms with Crippen molar-refractivity contribution in [3.05, 3.63) is 11.4 Å². The molecule has 5 heteroatoms. The van der Waals surface area contributed by atoms with Crippen molar-refractivity contribution in [3.63, 3.8) is 0 Å². The molecule has 0 radical (unpaired) electrons. The van der Waals surface area contributed by atoms with Gasteiger partial charge in [-0.25, -0.2) is 15.8 Å². The molecule has 1 heterocycles. The lowest BCUT2D eigenvalue weighted by atomic mass is 9.94. The SMILES string of the molecule is CCCc1nc(NN)c(C)c(N(C)C2CCCCC2)n1. The van der Waals surface area contributed by atoms with Crippen molar-refractivity contribution in [2.24, 2.45) is 5.84 Å². The summed E-state index contributed by atoms with van der Waals surface area (Å²) >= 11 is 0. The highest BCUT2D eigenvalue weighted by Crippen LogP contribution is 2.29. The number of hydrogen-bond donors (Lipinski definition) is 2. The largest absolute Gasteiger partial charge is 0.356 e. The summed E-state index contributed by atoms with van der Waals surface area (Å²) in [5.74, 6) is 8.26. The standard InChI is InChI=1S/C15H27N5/c1-4-8-13-17-14(19-16)11(2)15(18-13)20(3)12-9-6-5-7-10-12/h12H,4-10,16H2,1-3H3,(H,17,18,19). The fourth-order valence-electron chi connectivity index (χ4n) is 3.01. The molecule has 5 nitrogen and oxygen atoms in total. The van der Waals surface area contributed by atoms with Crippen molar-refractivity contribution >= 4 is 11.6 Å². The van der Waals surface area contributed by atoms with E-state index < -0.39 is 0 Å². The van der Waals surface area contributed by atoms with Gasteiger partial charge in [0.05, 0.1) is 0 Å². The van der Waals surface area contributed by atoms with E-state index in [4.69, 9.17) is 10.8 Å². The molecule has 0 aliphatic heterocycles. The first kappa shape index (κ1) is 15.0. The Balaban J connectivity index is 2.30. The summed E-state index contributed by atoms with van der Waals surface area (Å²) in [6, 6.07) is 0.595. The molecule has 0 saturated heterocycles. The van der Waals surface area contributed by atoms with Crippen molar-refractivity contribution in [1.29, 1.82) is 0 Å². The lowest BCUT2D eigenvalue weighted by Gasteiger charge is -2.33. The highest BCUT2D eigenvalue weighted by Gasteiger charge is 2.22. The summed E-state index contributed by atoms with van der Waals surface area (Å²) in [7, 11) is 2.15. The first-order chi connectivity index (χ1) is 9.67. The van der Waals surface area contributed by atoms with Gasteiger partial charge < -0.3 is 10.3 Å². The van der Waals surface area contributed by atoms with Gasteiger partial charge in [0.25, 0.3) is 0 Å². The molecule has 0 atom stereocenters. The van der Waals surface area contributed by atoms with Gasteiger partial charge in [0.2, 0.25) is 0 Å². The van der Waals surface area contributed by atoms with Gasteiger partial charge in [-0.3, -0.25) is 0 Å². The van der Waals surface area contributed by atoms with Crippen molar-refractivity contribution in [2.75, 3.05) is 17.4 Å². The summed E-state index contributed by atoms with van der Waals surface area (Å²) in [6.45, 7) is 4.18. The van der Waals surface area contributed by atoms with Gasteiger partial charge in [-0.15, -0.1) is 0 Å². The molecule has 1 aliphatic rings. The summed E-state index contributed by atoms with van der Waals surface area (Å²) in [5, 5.41) is 0. The minimum atomic E-state index is 0.595. The maximum atomic E-state index is 5.60. The third kappa shape index (κ3) is 3.20. The fraction of sp³-hybridized carbons (Fsp3) is 0.733. The molecule has 1 aromatic heterocycles. The van der Waals surface area contributed by atoms with E-state index in [-0.39, 0.29) is 0 Å². The number of hydrazine groups is 1. The van der Waals surface area contributed by atoms with E-state index >= 15 is 0 Å². The number of aromatic nitrogens is 2. The molecule has 112 valence electrons. The summed E-state index contributed by atoms with van der Waals surface area (Å²) in [6.07, 6.45) is 8.46. The van der Waals surface area contributed by atoms with Gasteiger partial charge in [0.1, 0.15) is 17.5 Å². The van der Waals surface area contributed by atoms with E-state index in [9.17, 15) is 0 Å². The Hall–Kier alpha value is -1.36. The van der Waals surface area contributed by atoms with Gasteiger partial charge >= 0.3 is 0 Å². The normalized spacial score (nSPS) is 16.2. The second-order valence-electron chi connectivity index (χ2n) is 5.73. The number of nitrogens with zero attached hydrogens (tertiary/aromatic N) is 3. The van der Waals surface area contributed by atoms with Crippen LogP contribution in [0.25, 0.3) is 0 Å². The van der Waals surface area contributed by atoms with Crippen LogP contribution >= 0.6 is 0 Å². The monoisotopic (exact) mass is 277 g/mol. The van der Waals surface area contributed by atoms with Crippen molar-refractivity contribution in [3.8, 4) is 0 Å². The average molecular weight is 277 g/mol. The quantitative estimate of drug-likeness (QED) is 0.640. The molecule has 1 aromatic rings. The number of nitrogen functional groups attached to an aromatic ring is 1. The van der Waals surface area contributed by atoms with Crippen LogP contribution in [-0.2, 0) is 6.42 Å². The van der Waals surface area contributed by atoms with E-state index in [0.29, 0.717) is 6.04 Å². The second-order valence-corrected chi connectivity index (χ2v) is 5.73. The highest BCUT2D eigenvalue weighted by molar-refractivity contribution is 5.58. The van der Waals surface area contributed by atoms with Gasteiger partial charge in [-0.05, 0) is 26.2 Å². The summed E-state index contributed by atoms with van der Waals surface area (Å²) in [4.78, 5) is 11.6. The lowest BCUT2D eigenvalue weighted by molar-refractivity contribution is 0.425. The van der Waals surface area contributed by atoms with Crippen molar-refractivity contribution in [1.82, 2.24) is 9.97 Å². The Morgan fingerprint density at radius 3 is 2.55 bits per heavy atom. The Morgan fingerprint density at radius 2 is 1.95 bits per heavy atom. The smallest absolute Gasteiger partial charge is 0.148 e. The molecule has 0 amide bonds. The molecule has 1 aliphatic carbocycles. The number of aryl methyl sites for hydroxylation is 1. The molecule has 0 unspecified atom stereocenters. The minimum absolute atomic E-state index is 0.595. The number of anilines is 2. The third-order valence-electron chi connectivity index (χ3n) is 4.23. The van der Waals surface area contributed by atoms with E-state index in [1.807, 2.05) is 6.92 Å². The zero-order valence-corrected chi connectivity index (χ0v) is 12.9. The number of nitrogens with two attached hydrogens (primary N) is 1. The van der Waals surface area contributed by atoms with E-state index in [2.05, 4.69) is 29.3 Å². The molecule has 1 saturated carbocycles. The van der Waals surface area contributed by atoms with Crippen LogP contribution in [0.1, 0.15) is 56.8 Å². The number of nitrogens with one attached hydrogen (secondary N) is 1. The highest BCUT2D eigenvalue weighted by atomic mass is 15.3. The predicted molar refractivity (Wildman–Crippen MR) is 83.9 cm³/mol. The average Bonchev–Trinajstić information content (AvgIpc) is 2.49. The molecular weight excluding hydrogens is 250 g/mol. The first-order valence-corrected chi connectivity index (χ1v) is 7.74. The van der Waals surface area contributed by atoms with Gasteiger partial charge in [-0.1, -0.05) is 26.2 Å². The van der Waals surface area contributed by atoms with Crippen LogP contribution < -0.4 is 16.2 Å². The fourth-order valence-corrected chi connectivity index (χ4v) is 3.01. The number of rotatable bonds is 5. The summed E-state index contributed by atoms with van der Waals surface area (Å²) < 4.78 is 0. The van der Waals surface area contributed by atoms with Crippen LogP contribution in [0.4, 0.5) is 11.6 Å². The van der Waals surface area contributed by atoms with E-state index in [1.165, 1.54) is 32.1 Å². The molecular formula is C15H27N5. The molecule has 0 bridgehead atoms. The molecule has 20 heavy (non-hydrogen) atoms. The Bertz CT molecular complexity index is 440. The minimum Gasteiger partial charge on any atom is -0.356 e. The topological polar surface area (TPSA) is 67.1 Å². The maximum Gasteiger partial charge on any atom is 0.148 e. The first-order valence-electron chi connectivity index (χ1n) is 7.74. The molecule has 0 aromatic carbocycles. The van der Waals surface area contributed by atoms with Crippen LogP contribution in [0.5, 0.6) is 0 Å². The second kappa shape index (κ2) is 6.88. The van der Waals surface area contributed by atoms with Crippen LogP contribution in [0.3, 0.4) is 0 Å². The Morgan fingerprint density at radius 1 is 1.25 bits per heavy atom. The van der Waals surface area contributed by atoms with Crippen LogP contribution in [0, 0.1) is 6.92 Å². The number of hydrogen-bond acceptors (Lipinski definition) is 5. The van der Waals surface area contributed by atoms with Gasteiger partial charge in [0, 0.05) is 25.1 Å². The van der Waals surface area contributed by atoms with Crippen LogP contribution in [-0.4, -0.2) is 23.1 Å². The Kier molecular flexibility index (Phi) is 5.17. The van der Waals surface area contributed by atoms with E-state index in [0.717, 1.165) is 35.9 Å². The van der Waals surface area contributed by atoms with Gasteiger partial charge in [0.15, 0.2) is 0 Å². The third-order valence-corrected chi connectivity index (χ3v) is 4.23. The molecule has 3 N–H and O–H groups in total. The zero-order valence-electron chi connectivity index (χ0n) is 12.9. The molecule has 2 rings (SSSR count). The lowest BCUT2D eigenvalue weighted by Crippen LogP contribution is -2.35. The van der Waals surface area contributed by atoms with Crippen LogP contribution in [0.15, 0.2) is 0 Å². The summed E-state index contributed by atoms with van der Waals surface area (Å²) in [5.41, 5.74) is 3.76. The Labute approximate surface area is 121 Å². The zero-order chi connectivity index (χ0) is 14.5. The van der Waals surface area contributed by atoms with Crippen molar-refractivity contribution in [2.45, 2.75) is 64.8 Å². The maximum absolute atomic E-state index is 5.60. The predicted octanol–water partition coefficient (Wildman–Crippen LogP) is 2.79. The van der Waals surface area contributed by atoms with Gasteiger partial charge in [-0.2, -0.15) is 0 Å². The molecule has 0 spiro atoms. The molecule has 1 fully saturated rings. The van der Waals surface area contributed by atoms with Crippen molar-refractivity contribution < 1.29 is 0 Å². The van der Waals surface area contributed by atoms with E-state index in [1.54, 1.807) is 0 Å².